The molecular weight excluding hydrogens is 462 g/mol. The quantitative estimate of drug-likeness (QED) is 0.522. The molecule has 180 valence electrons. The number of rotatable bonds is 9. The molecule has 8 nitrogen and oxygen atoms in total. The molecule has 2 aromatic rings. The van der Waals surface area contributed by atoms with Crippen molar-refractivity contribution in [1.29, 1.82) is 0 Å². The van der Waals surface area contributed by atoms with Gasteiger partial charge in [0.05, 0.1) is 9.79 Å². The Kier molecular flexibility index (Phi) is 8.28. The van der Waals surface area contributed by atoms with E-state index in [9.17, 15) is 21.6 Å². The van der Waals surface area contributed by atoms with Gasteiger partial charge in [-0.2, -0.15) is 4.31 Å². The van der Waals surface area contributed by atoms with Gasteiger partial charge < -0.3 is 5.32 Å². The Labute approximate surface area is 196 Å². The van der Waals surface area contributed by atoms with Crippen molar-refractivity contribution in [1.82, 2.24) is 14.3 Å². The number of aryl methyl sites for hydroxylation is 1. The summed E-state index contributed by atoms with van der Waals surface area (Å²) in [5.41, 5.74) is 1.26. The average Bonchev–Trinajstić information content (AvgIpc) is 2.82. The monoisotopic (exact) mass is 493 g/mol. The van der Waals surface area contributed by atoms with Gasteiger partial charge in [0, 0.05) is 31.7 Å². The molecule has 2 aromatic carbocycles. The standard InChI is InChI=1S/C23H31N3O5S2/c1-18-8-12-21(13-9-18)32(28,29)25-17-16-24-23(27)19-10-14-22(15-11-19)33(30,31)26(2)20-6-4-3-5-7-20/h8-15,20,25H,3-7,16-17H2,1-2H3,(H,24,27). The van der Waals surface area contributed by atoms with Gasteiger partial charge in [-0.25, -0.2) is 21.6 Å². The molecule has 0 radical (unpaired) electrons. The molecule has 1 aliphatic carbocycles. The summed E-state index contributed by atoms with van der Waals surface area (Å²) in [5, 5.41) is 2.64. The van der Waals surface area contributed by atoms with E-state index in [0.29, 0.717) is 5.56 Å². The van der Waals surface area contributed by atoms with Crippen LogP contribution >= 0.6 is 0 Å². The van der Waals surface area contributed by atoms with E-state index in [1.54, 1.807) is 19.2 Å². The predicted molar refractivity (Wildman–Crippen MR) is 127 cm³/mol. The summed E-state index contributed by atoms with van der Waals surface area (Å²) >= 11 is 0. The van der Waals surface area contributed by atoms with Crippen molar-refractivity contribution in [2.75, 3.05) is 20.1 Å². The summed E-state index contributed by atoms with van der Waals surface area (Å²) in [4.78, 5) is 12.7. The van der Waals surface area contributed by atoms with Crippen LogP contribution in [0, 0.1) is 6.92 Å². The molecule has 0 bridgehead atoms. The highest BCUT2D eigenvalue weighted by atomic mass is 32.2. The second-order valence-corrected chi connectivity index (χ2v) is 12.1. The summed E-state index contributed by atoms with van der Waals surface area (Å²) in [6.45, 7) is 1.99. The molecule has 1 fully saturated rings. The van der Waals surface area contributed by atoms with Gasteiger partial charge in [-0.15, -0.1) is 0 Å². The van der Waals surface area contributed by atoms with Crippen LogP contribution in [0.4, 0.5) is 0 Å². The van der Waals surface area contributed by atoms with Crippen LogP contribution in [-0.4, -0.2) is 53.2 Å². The van der Waals surface area contributed by atoms with E-state index in [0.717, 1.165) is 37.7 Å². The van der Waals surface area contributed by atoms with Gasteiger partial charge in [0.1, 0.15) is 0 Å². The molecule has 0 atom stereocenters. The number of sulfonamides is 2. The zero-order valence-corrected chi connectivity index (χ0v) is 20.6. The Morgan fingerprint density at radius 1 is 0.879 bits per heavy atom. The molecule has 33 heavy (non-hydrogen) atoms. The van der Waals surface area contributed by atoms with E-state index in [1.807, 2.05) is 6.92 Å². The minimum atomic E-state index is -3.65. The number of nitrogens with zero attached hydrogens (tertiary/aromatic N) is 1. The summed E-state index contributed by atoms with van der Waals surface area (Å²) in [6.07, 6.45) is 4.94. The van der Waals surface area contributed by atoms with Crippen LogP contribution in [0.1, 0.15) is 48.0 Å². The first-order valence-corrected chi connectivity index (χ1v) is 14.0. The van der Waals surface area contributed by atoms with Gasteiger partial charge >= 0.3 is 0 Å². The van der Waals surface area contributed by atoms with Crippen molar-refractivity contribution < 1.29 is 21.6 Å². The van der Waals surface area contributed by atoms with Crippen LogP contribution < -0.4 is 10.0 Å². The SMILES string of the molecule is Cc1ccc(S(=O)(=O)NCCNC(=O)c2ccc(S(=O)(=O)N(C)C3CCCCC3)cc2)cc1. The van der Waals surface area contributed by atoms with Crippen molar-refractivity contribution in [3.05, 3.63) is 59.7 Å². The largest absolute Gasteiger partial charge is 0.351 e. The van der Waals surface area contributed by atoms with Crippen LogP contribution in [0.15, 0.2) is 58.3 Å². The Morgan fingerprint density at radius 2 is 1.45 bits per heavy atom. The molecule has 0 heterocycles. The number of carbonyl (C=O) groups is 1. The van der Waals surface area contributed by atoms with E-state index in [2.05, 4.69) is 10.0 Å². The van der Waals surface area contributed by atoms with E-state index in [4.69, 9.17) is 0 Å². The lowest BCUT2D eigenvalue weighted by Crippen LogP contribution is -2.38. The van der Waals surface area contributed by atoms with Crippen molar-refractivity contribution in [3.63, 3.8) is 0 Å². The Morgan fingerprint density at radius 3 is 2.06 bits per heavy atom. The third-order valence-corrected chi connectivity index (χ3v) is 9.32. The molecule has 3 rings (SSSR count). The molecule has 1 saturated carbocycles. The van der Waals surface area contributed by atoms with Crippen molar-refractivity contribution >= 4 is 26.0 Å². The van der Waals surface area contributed by atoms with Crippen LogP contribution in [0.2, 0.25) is 0 Å². The summed E-state index contributed by atoms with van der Waals surface area (Å²) in [5.74, 6) is -0.408. The zero-order valence-electron chi connectivity index (χ0n) is 19.0. The van der Waals surface area contributed by atoms with Crippen LogP contribution in [0.3, 0.4) is 0 Å². The van der Waals surface area contributed by atoms with Gasteiger partial charge in [0.25, 0.3) is 5.91 Å². The van der Waals surface area contributed by atoms with Crippen molar-refractivity contribution in [2.45, 2.75) is 54.9 Å². The lowest BCUT2D eigenvalue weighted by molar-refractivity contribution is 0.0954. The average molecular weight is 494 g/mol. The third-order valence-electron chi connectivity index (χ3n) is 5.92. The first kappa shape index (κ1) is 25.4. The van der Waals surface area contributed by atoms with Gasteiger partial charge in [0.15, 0.2) is 0 Å². The number of nitrogens with one attached hydrogen (secondary N) is 2. The highest BCUT2D eigenvalue weighted by molar-refractivity contribution is 7.89. The second-order valence-electron chi connectivity index (χ2n) is 8.30. The summed E-state index contributed by atoms with van der Waals surface area (Å²) in [6, 6.07) is 12.3. The van der Waals surface area contributed by atoms with E-state index in [-0.39, 0.29) is 28.9 Å². The Hall–Kier alpha value is -2.27. The van der Waals surface area contributed by atoms with Gasteiger partial charge in [-0.1, -0.05) is 37.0 Å². The Bertz CT molecular complexity index is 1160. The maximum Gasteiger partial charge on any atom is 0.251 e. The van der Waals surface area contributed by atoms with Crippen molar-refractivity contribution in [2.24, 2.45) is 0 Å². The Balaban J connectivity index is 1.53. The number of hydrogen-bond donors (Lipinski definition) is 2. The van der Waals surface area contributed by atoms with Crippen LogP contribution in [-0.2, 0) is 20.0 Å². The topological polar surface area (TPSA) is 113 Å². The number of benzene rings is 2. The molecule has 1 aliphatic rings. The maximum atomic E-state index is 12.9. The second kappa shape index (κ2) is 10.8. The maximum absolute atomic E-state index is 12.9. The van der Waals surface area contributed by atoms with Gasteiger partial charge in [-0.3, -0.25) is 4.79 Å². The minimum Gasteiger partial charge on any atom is -0.351 e. The number of hydrogen-bond acceptors (Lipinski definition) is 5. The highest BCUT2D eigenvalue weighted by Gasteiger charge is 2.29. The molecule has 0 spiro atoms. The van der Waals surface area contributed by atoms with Crippen LogP contribution in [0.5, 0.6) is 0 Å². The number of amides is 1. The van der Waals surface area contributed by atoms with Gasteiger partial charge in [0.2, 0.25) is 20.0 Å². The van der Waals surface area contributed by atoms with Crippen LogP contribution in [0.25, 0.3) is 0 Å². The molecule has 1 amide bonds. The van der Waals surface area contributed by atoms with E-state index in [1.165, 1.54) is 40.7 Å². The van der Waals surface area contributed by atoms with E-state index < -0.39 is 26.0 Å². The van der Waals surface area contributed by atoms with E-state index >= 15 is 0 Å². The minimum absolute atomic E-state index is 0.00964. The van der Waals surface area contributed by atoms with Crippen molar-refractivity contribution in [3.8, 4) is 0 Å². The first-order chi connectivity index (χ1) is 15.6. The summed E-state index contributed by atoms with van der Waals surface area (Å²) < 4.78 is 54.3. The lowest BCUT2D eigenvalue weighted by Gasteiger charge is -2.30. The smallest absolute Gasteiger partial charge is 0.251 e. The zero-order chi connectivity index (χ0) is 24.1. The molecule has 0 saturated heterocycles. The summed E-state index contributed by atoms with van der Waals surface area (Å²) in [7, 11) is -5.66. The molecule has 0 aliphatic heterocycles. The molecular formula is C23H31N3O5S2. The molecule has 0 aromatic heterocycles. The third kappa shape index (κ3) is 6.41. The lowest BCUT2D eigenvalue weighted by atomic mass is 9.96. The molecule has 0 unspecified atom stereocenters. The van der Waals surface area contributed by atoms with Gasteiger partial charge in [-0.05, 0) is 56.2 Å². The highest BCUT2D eigenvalue weighted by Crippen LogP contribution is 2.26. The molecule has 10 heteroatoms. The fraction of sp³-hybridized carbons (Fsp3) is 0.435. The predicted octanol–water partition coefficient (Wildman–Crippen LogP) is 2.66. The first-order valence-electron chi connectivity index (χ1n) is 11.0. The fourth-order valence-electron chi connectivity index (χ4n) is 3.85. The fourth-order valence-corrected chi connectivity index (χ4v) is 6.30. The number of carbonyl (C=O) groups excluding carboxylic acids is 1. The normalized spacial score (nSPS) is 15.5. The molecule has 2 N–H and O–H groups in total.